The zero-order valence-corrected chi connectivity index (χ0v) is 5.71. The smallest absolute Gasteiger partial charge is 0.161 e. The third-order valence-electron chi connectivity index (χ3n) is 1.51. The Balaban J connectivity index is 0.000001000. The Morgan fingerprint density at radius 3 is 2.82 bits per heavy atom. The van der Waals surface area contributed by atoms with Crippen LogP contribution in [0.1, 0.15) is 20.3 Å². The number of aliphatic hydroxyl groups is 1. The molecule has 0 saturated carbocycles. The van der Waals surface area contributed by atoms with Crippen LogP contribution >= 0.6 is 0 Å². The first kappa shape index (κ1) is 10.1. The van der Waals surface area contributed by atoms with Gasteiger partial charge in [-0.1, -0.05) is 13.5 Å². The predicted octanol–water partition coefficient (Wildman–Crippen LogP) is 1.46. The van der Waals surface area contributed by atoms with Crippen molar-refractivity contribution in [1.29, 1.82) is 0 Å². The van der Waals surface area contributed by atoms with Crippen molar-refractivity contribution in [2.75, 3.05) is 0 Å². The average molecular weight is 154 g/mol. The molecule has 1 N–H and O–H groups in total. The minimum absolute atomic E-state index is 0. The Bertz CT molecular complexity index is 192. The van der Waals surface area contributed by atoms with Crippen LogP contribution in [0.15, 0.2) is 24.3 Å². The zero-order valence-electron chi connectivity index (χ0n) is 5.71. The molecule has 2 heteroatoms. The minimum atomic E-state index is -0.553. The van der Waals surface area contributed by atoms with Crippen LogP contribution in [0.2, 0.25) is 0 Å². The summed E-state index contributed by atoms with van der Waals surface area (Å²) in [6.45, 7) is 3.51. The quantitative estimate of drug-likeness (QED) is 0.611. The van der Waals surface area contributed by atoms with Gasteiger partial charge in [-0.05, 0) is 18.1 Å². The van der Waals surface area contributed by atoms with E-state index in [-0.39, 0.29) is 19.6 Å². The monoisotopic (exact) mass is 154 g/mol. The molecule has 1 atom stereocenters. The summed E-state index contributed by atoms with van der Waals surface area (Å²) in [5.41, 5.74) is 0.697. The Labute approximate surface area is 67.2 Å². The maximum atomic E-state index is 10.9. The molecule has 0 radical (unpaired) electrons. The van der Waals surface area contributed by atoms with Gasteiger partial charge in [0, 0.05) is 6.42 Å². The second kappa shape index (κ2) is 4.09. The third kappa shape index (κ3) is 2.31. The number of allylic oxidation sites excluding steroid dienone is 2. The standard InChI is InChI=1S/C8H10O2.CH4/c1-2-3-6-4-7(9)5-8(6)10;/h2,4,7,9H,1,3,5H2;1H4. The van der Waals surface area contributed by atoms with Gasteiger partial charge in [-0.25, -0.2) is 0 Å². The van der Waals surface area contributed by atoms with E-state index in [2.05, 4.69) is 6.58 Å². The fourth-order valence-corrected chi connectivity index (χ4v) is 1.04. The molecule has 0 aromatic carbocycles. The van der Waals surface area contributed by atoms with E-state index >= 15 is 0 Å². The molecule has 2 nitrogen and oxygen atoms in total. The van der Waals surface area contributed by atoms with Crippen molar-refractivity contribution < 1.29 is 9.90 Å². The molecule has 0 fully saturated rings. The average Bonchev–Trinajstić information content (AvgIpc) is 2.13. The van der Waals surface area contributed by atoms with Gasteiger partial charge < -0.3 is 5.11 Å². The summed E-state index contributed by atoms with van der Waals surface area (Å²) < 4.78 is 0. The number of carbonyl (C=O) groups is 1. The fourth-order valence-electron chi connectivity index (χ4n) is 1.04. The molecule has 0 amide bonds. The molecule has 1 aliphatic carbocycles. The summed E-state index contributed by atoms with van der Waals surface area (Å²) in [6, 6.07) is 0. The van der Waals surface area contributed by atoms with E-state index in [9.17, 15) is 4.79 Å². The number of Topliss-reactive ketones (excluding diaryl/α,β-unsaturated/α-hetero) is 1. The lowest BCUT2D eigenvalue weighted by atomic mass is 10.1. The lowest BCUT2D eigenvalue weighted by Gasteiger charge is -1.90. The van der Waals surface area contributed by atoms with Crippen LogP contribution in [0, 0.1) is 0 Å². The number of ketones is 1. The van der Waals surface area contributed by atoms with Crippen molar-refractivity contribution in [3.05, 3.63) is 24.3 Å². The number of aliphatic hydroxyl groups excluding tert-OH is 1. The summed E-state index contributed by atoms with van der Waals surface area (Å²) in [6.07, 6.45) is 3.55. The Kier molecular flexibility index (Phi) is 3.76. The van der Waals surface area contributed by atoms with Gasteiger partial charge in [0.25, 0.3) is 0 Å². The highest BCUT2D eigenvalue weighted by atomic mass is 16.3. The summed E-state index contributed by atoms with van der Waals surface area (Å²) >= 11 is 0. The van der Waals surface area contributed by atoms with E-state index in [1.165, 1.54) is 0 Å². The molecule has 1 aliphatic rings. The molecule has 0 saturated heterocycles. The molecule has 0 aromatic heterocycles. The van der Waals surface area contributed by atoms with Crippen LogP contribution in [0.5, 0.6) is 0 Å². The summed E-state index contributed by atoms with van der Waals surface area (Å²) in [4.78, 5) is 10.9. The molecule has 1 unspecified atom stereocenters. The maximum absolute atomic E-state index is 10.9. The molecule has 11 heavy (non-hydrogen) atoms. The Hall–Kier alpha value is -0.890. The van der Waals surface area contributed by atoms with E-state index in [0.29, 0.717) is 12.0 Å². The molecule has 1 rings (SSSR count). The van der Waals surface area contributed by atoms with E-state index in [0.717, 1.165) is 0 Å². The van der Waals surface area contributed by atoms with Gasteiger partial charge in [0.1, 0.15) is 0 Å². The largest absolute Gasteiger partial charge is 0.389 e. The van der Waals surface area contributed by atoms with Gasteiger partial charge >= 0.3 is 0 Å². The highest BCUT2D eigenvalue weighted by molar-refractivity contribution is 5.98. The second-order valence-corrected chi connectivity index (χ2v) is 2.38. The topological polar surface area (TPSA) is 37.3 Å². The highest BCUT2D eigenvalue weighted by Crippen LogP contribution is 2.17. The Morgan fingerprint density at radius 2 is 2.45 bits per heavy atom. The van der Waals surface area contributed by atoms with E-state index in [1.54, 1.807) is 12.2 Å². The number of hydrogen-bond acceptors (Lipinski definition) is 2. The summed E-state index contributed by atoms with van der Waals surface area (Å²) in [5, 5.41) is 8.97. The van der Waals surface area contributed by atoms with E-state index in [1.807, 2.05) is 0 Å². The van der Waals surface area contributed by atoms with Crippen LogP contribution in [-0.2, 0) is 4.79 Å². The van der Waals surface area contributed by atoms with Crippen molar-refractivity contribution in [1.82, 2.24) is 0 Å². The molecule has 0 bridgehead atoms. The van der Waals surface area contributed by atoms with Crippen molar-refractivity contribution >= 4 is 5.78 Å². The van der Waals surface area contributed by atoms with Crippen LogP contribution in [-0.4, -0.2) is 17.0 Å². The number of hydrogen-bond donors (Lipinski definition) is 1. The second-order valence-electron chi connectivity index (χ2n) is 2.38. The normalized spacial score (nSPS) is 22.5. The van der Waals surface area contributed by atoms with Gasteiger partial charge in [-0.2, -0.15) is 0 Å². The van der Waals surface area contributed by atoms with Gasteiger partial charge in [-0.3, -0.25) is 4.79 Å². The molecule has 0 spiro atoms. The maximum Gasteiger partial charge on any atom is 0.161 e. The number of carbonyl (C=O) groups excluding carboxylic acids is 1. The van der Waals surface area contributed by atoms with Crippen molar-refractivity contribution in [3.8, 4) is 0 Å². The lowest BCUT2D eigenvalue weighted by Crippen LogP contribution is -2.00. The van der Waals surface area contributed by atoms with E-state index in [4.69, 9.17) is 5.11 Å². The first-order valence-corrected chi connectivity index (χ1v) is 3.27. The van der Waals surface area contributed by atoms with Crippen molar-refractivity contribution in [2.45, 2.75) is 26.4 Å². The van der Waals surface area contributed by atoms with Crippen molar-refractivity contribution in [2.24, 2.45) is 0 Å². The first-order chi connectivity index (χ1) is 4.74. The number of rotatable bonds is 2. The van der Waals surface area contributed by atoms with Gasteiger partial charge in [-0.15, -0.1) is 6.58 Å². The fraction of sp³-hybridized carbons (Fsp3) is 0.444. The first-order valence-electron chi connectivity index (χ1n) is 3.27. The van der Waals surface area contributed by atoms with Gasteiger partial charge in [0.2, 0.25) is 0 Å². The summed E-state index contributed by atoms with van der Waals surface area (Å²) in [5.74, 6) is 0.0485. The van der Waals surface area contributed by atoms with Crippen LogP contribution < -0.4 is 0 Å². The predicted molar refractivity (Wildman–Crippen MR) is 45.3 cm³/mol. The molecular formula is C9H14O2. The van der Waals surface area contributed by atoms with Crippen LogP contribution in [0.25, 0.3) is 0 Å². The molecule has 0 aliphatic heterocycles. The highest BCUT2D eigenvalue weighted by Gasteiger charge is 2.20. The molecule has 0 heterocycles. The lowest BCUT2D eigenvalue weighted by molar-refractivity contribution is -0.115. The molecule has 0 aromatic rings. The van der Waals surface area contributed by atoms with Gasteiger partial charge in [0.15, 0.2) is 5.78 Å². The van der Waals surface area contributed by atoms with Gasteiger partial charge in [0.05, 0.1) is 6.10 Å². The minimum Gasteiger partial charge on any atom is -0.389 e. The zero-order chi connectivity index (χ0) is 7.56. The third-order valence-corrected chi connectivity index (χ3v) is 1.51. The molecular weight excluding hydrogens is 140 g/mol. The van der Waals surface area contributed by atoms with Crippen LogP contribution in [0.3, 0.4) is 0 Å². The van der Waals surface area contributed by atoms with Crippen molar-refractivity contribution in [3.63, 3.8) is 0 Å². The summed E-state index contributed by atoms with van der Waals surface area (Å²) in [7, 11) is 0. The Morgan fingerprint density at radius 1 is 1.82 bits per heavy atom. The molecule has 62 valence electrons. The SMILES string of the molecule is C.C=CCC1=CC(O)CC1=O. The van der Waals surface area contributed by atoms with E-state index < -0.39 is 6.10 Å². The van der Waals surface area contributed by atoms with Crippen LogP contribution in [0.4, 0.5) is 0 Å².